The maximum absolute atomic E-state index is 11.9. The fourth-order valence-corrected chi connectivity index (χ4v) is 2.43. The molecule has 1 aromatic heterocycles. The number of carbonyl (C=O) groups is 1. The van der Waals surface area contributed by atoms with E-state index in [1.165, 1.54) is 0 Å². The van der Waals surface area contributed by atoms with Crippen molar-refractivity contribution in [1.29, 1.82) is 0 Å². The van der Waals surface area contributed by atoms with E-state index in [-0.39, 0.29) is 12.5 Å². The third kappa shape index (κ3) is 4.68. The summed E-state index contributed by atoms with van der Waals surface area (Å²) in [5, 5.41) is 5.77. The van der Waals surface area contributed by atoms with Gasteiger partial charge in [-0.25, -0.2) is 4.98 Å². The van der Waals surface area contributed by atoms with Gasteiger partial charge in [-0.3, -0.25) is 4.79 Å². The summed E-state index contributed by atoms with van der Waals surface area (Å²) in [6.07, 6.45) is 0. The first-order valence-electron chi connectivity index (χ1n) is 8.13. The van der Waals surface area contributed by atoms with Gasteiger partial charge in [0.15, 0.2) is 11.5 Å². The molecule has 1 aromatic carbocycles. The maximum Gasteiger partial charge on any atom is 0.239 e. The molecule has 7 heteroatoms. The lowest BCUT2D eigenvalue weighted by Crippen LogP contribution is -2.30. The number of nitrogens with one attached hydrogen (secondary N) is 2. The Morgan fingerprint density at radius 3 is 2.88 bits per heavy atom. The minimum Gasteiger partial charge on any atom is -0.486 e. The van der Waals surface area contributed by atoms with E-state index < -0.39 is 0 Å². The second kappa shape index (κ2) is 8.46. The van der Waals surface area contributed by atoms with Gasteiger partial charge in [0, 0.05) is 19.2 Å². The van der Waals surface area contributed by atoms with Crippen LogP contribution >= 0.6 is 0 Å². The standard InChI is InChI=1S/C18H21N3O4/c1-23-8-7-19-12-18(22)21-17-4-2-3-14(20-17)13-5-6-15-16(11-13)25-10-9-24-15/h2-6,11,19H,7-10,12H2,1H3,(H,20,21,22). The van der Waals surface area contributed by atoms with Crippen LogP contribution < -0.4 is 20.1 Å². The van der Waals surface area contributed by atoms with E-state index in [2.05, 4.69) is 15.6 Å². The molecule has 7 nitrogen and oxygen atoms in total. The highest BCUT2D eigenvalue weighted by atomic mass is 16.6. The number of carbonyl (C=O) groups excluding carboxylic acids is 1. The van der Waals surface area contributed by atoms with Crippen LogP contribution in [0.15, 0.2) is 36.4 Å². The largest absolute Gasteiger partial charge is 0.486 e. The van der Waals surface area contributed by atoms with Crippen LogP contribution in [-0.2, 0) is 9.53 Å². The predicted molar refractivity (Wildman–Crippen MR) is 94.0 cm³/mol. The van der Waals surface area contributed by atoms with Gasteiger partial charge in [0.25, 0.3) is 0 Å². The zero-order chi connectivity index (χ0) is 17.5. The molecule has 2 N–H and O–H groups in total. The van der Waals surface area contributed by atoms with E-state index in [9.17, 15) is 4.79 Å². The van der Waals surface area contributed by atoms with Crippen LogP contribution in [0.2, 0.25) is 0 Å². The van der Waals surface area contributed by atoms with E-state index >= 15 is 0 Å². The van der Waals surface area contributed by atoms with E-state index in [0.29, 0.717) is 37.9 Å². The number of pyridine rings is 1. The van der Waals surface area contributed by atoms with Crippen LogP contribution in [0.1, 0.15) is 0 Å². The Bertz CT molecular complexity index is 736. The van der Waals surface area contributed by atoms with E-state index in [1.54, 1.807) is 13.2 Å². The zero-order valence-corrected chi connectivity index (χ0v) is 14.1. The average molecular weight is 343 g/mol. The summed E-state index contributed by atoms with van der Waals surface area (Å²) in [7, 11) is 1.62. The van der Waals surface area contributed by atoms with Crippen LogP contribution in [0, 0.1) is 0 Å². The Labute approximate surface area is 146 Å². The summed E-state index contributed by atoms with van der Waals surface area (Å²) in [6.45, 7) is 2.49. The number of fused-ring (bicyclic) bond motifs is 1. The molecule has 3 rings (SSSR count). The molecule has 2 heterocycles. The number of anilines is 1. The molecule has 25 heavy (non-hydrogen) atoms. The first-order chi connectivity index (χ1) is 12.3. The Morgan fingerprint density at radius 1 is 1.20 bits per heavy atom. The maximum atomic E-state index is 11.9. The number of amides is 1. The number of aromatic nitrogens is 1. The summed E-state index contributed by atoms with van der Waals surface area (Å²) in [5.41, 5.74) is 1.65. The van der Waals surface area contributed by atoms with Crippen LogP contribution in [0.3, 0.4) is 0 Å². The molecule has 0 aliphatic carbocycles. The molecule has 0 fully saturated rings. The predicted octanol–water partition coefficient (Wildman–Crippen LogP) is 1.69. The molecule has 1 amide bonds. The van der Waals surface area contributed by atoms with Crippen molar-refractivity contribution in [3.8, 4) is 22.8 Å². The van der Waals surface area contributed by atoms with Crippen molar-refractivity contribution in [2.75, 3.05) is 45.3 Å². The Morgan fingerprint density at radius 2 is 2.04 bits per heavy atom. The molecule has 1 aliphatic rings. The fourth-order valence-electron chi connectivity index (χ4n) is 2.43. The molecule has 2 aromatic rings. The van der Waals surface area contributed by atoms with Crippen LogP contribution in [0.25, 0.3) is 11.3 Å². The number of benzene rings is 1. The summed E-state index contributed by atoms with van der Waals surface area (Å²) in [5.74, 6) is 1.80. The average Bonchev–Trinajstić information content (AvgIpc) is 2.65. The highest BCUT2D eigenvalue weighted by molar-refractivity contribution is 5.91. The topological polar surface area (TPSA) is 81.7 Å². The molecule has 1 aliphatic heterocycles. The first kappa shape index (κ1) is 17.2. The van der Waals surface area contributed by atoms with Crippen molar-refractivity contribution in [2.24, 2.45) is 0 Å². The summed E-state index contributed by atoms with van der Waals surface area (Å²) < 4.78 is 16.1. The van der Waals surface area contributed by atoms with E-state index in [4.69, 9.17) is 14.2 Å². The van der Waals surface area contributed by atoms with Crippen molar-refractivity contribution in [2.45, 2.75) is 0 Å². The van der Waals surface area contributed by atoms with Gasteiger partial charge in [0.2, 0.25) is 5.91 Å². The second-order valence-corrected chi connectivity index (χ2v) is 5.48. The number of rotatable bonds is 7. The molecule has 0 radical (unpaired) electrons. The van der Waals surface area contributed by atoms with Crippen molar-refractivity contribution < 1.29 is 19.0 Å². The Balaban J connectivity index is 1.66. The summed E-state index contributed by atoms with van der Waals surface area (Å²) in [4.78, 5) is 16.4. The molecule has 0 saturated heterocycles. The quantitative estimate of drug-likeness (QED) is 0.745. The van der Waals surface area contributed by atoms with Gasteiger partial charge in [0.1, 0.15) is 19.0 Å². The fraction of sp³-hybridized carbons (Fsp3) is 0.333. The molecule has 0 unspecified atom stereocenters. The van der Waals surface area contributed by atoms with Crippen molar-refractivity contribution in [3.05, 3.63) is 36.4 Å². The zero-order valence-electron chi connectivity index (χ0n) is 14.1. The van der Waals surface area contributed by atoms with Crippen molar-refractivity contribution in [1.82, 2.24) is 10.3 Å². The lowest BCUT2D eigenvalue weighted by atomic mass is 10.1. The lowest BCUT2D eigenvalue weighted by Gasteiger charge is -2.18. The minimum absolute atomic E-state index is 0.150. The van der Waals surface area contributed by atoms with Crippen LogP contribution in [0.5, 0.6) is 11.5 Å². The third-order valence-corrected chi connectivity index (χ3v) is 3.62. The monoisotopic (exact) mass is 343 g/mol. The molecular weight excluding hydrogens is 322 g/mol. The van der Waals surface area contributed by atoms with Gasteiger partial charge in [-0.05, 0) is 30.3 Å². The van der Waals surface area contributed by atoms with Gasteiger partial charge in [0.05, 0.1) is 18.8 Å². The smallest absolute Gasteiger partial charge is 0.239 e. The number of nitrogens with zero attached hydrogens (tertiary/aromatic N) is 1. The lowest BCUT2D eigenvalue weighted by molar-refractivity contribution is -0.115. The molecule has 0 spiro atoms. The third-order valence-electron chi connectivity index (χ3n) is 3.62. The first-order valence-corrected chi connectivity index (χ1v) is 8.13. The van der Waals surface area contributed by atoms with Crippen molar-refractivity contribution >= 4 is 11.7 Å². The number of hydrogen-bond donors (Lipinski definition) is 2. The van der Waals surface area contributed by atoms with Gasteiger partial charge < -0.3 is 24.8 Å². The van der Waals surface area contributed by atoms with Gasteiger partial charge in [-0.1, -0.05) is 6.07 Å². The number of hydrogen-bond acceptors (Lipinski definition) is 6. The Hall–Kier alpha value is -2.64. The highest BCUT2D eigenvalue weighted by Gasteiger charge is 2.13. The molecule has 0 saturated carbocycles. The minimum atomic E-state index is -0.150. The number of methoxy groups -OCH3 is 1. The summed E-state index contributed by atoms with van der Waals surface area (Å²) in [6, 6.07) is 11.2. The highest BCUT2D eigenvalue weighted by Crippen LogP contribution is 2.34. The van der Waals surface area contributed by atoms with Crippen molar-refractivity contribution in [3.63, 3.8) is 0 Å². The van der Waals surface area contributed by atoms with Gasteiger partial charge in [-0.15, -0.1) is 0 Å². The molecule has 132 valence electrons. The van der Waals surface area contributed by atoms with E-state index in [1.807, 2.05) is 30.3 Å². The Kier molecular flexibility index (Phi) is 5.81. The summed E-state index contributed by atoms with van der Waals surface area (Å²) >= 11 is 0. The molecule has 0 atom stereocenters. The SMILES string of the molecule is COCCNCC(=O)Nc1cccc(-c2ccc3c(c2)OCCO3)n1. The van der Waals surface area contributed by atoms with Gasteiger partial charge >= 0.3 is 0 Å². The molecular formula is C18H21N3O4. The second-order valence-electron chi connectivity index (χ2n) is 5.48. The van der Waals surface area contributed by atoms with Crippen LogP contribution in [-0.4, -0.2) is 50.9 Å². The van der Waals surface area contributed by atoms with Gasteiger partial charge in [-0.2, -0.15) is 0 Å². The van der Waals surface area contributed by atoms with Crippen LogP contribution in [0.4, 0.5) is 5.82 Å². The normalized spacial score (nSPS) is 12.7. The molecule has 0 bridgehead atoms. The van der Waals surface area contributed by atoms with E-state index in [0.717, 1.165) is 17.0 Å². The number of ether oxygens (including phenoxy) is 3.